The number of aryl methyl sites for hydroxylation is 1. The smallest absolute Gasteiger partial charge is 0.0683 e. The van der Waals surface area contributed by atoms with Gasteiger partial charge in [0.1, 0.15) is 0 Å². The molecule has 0 aromatic carbocycles. The van der Waals surface area contributed by atoms with Crippen LogP contribution >= 0.6 is 0 Å². The number of hydrogen-bond donors (Lipinski definition) is 1. The van der Waals surface area contributed by atoms with Gasteiger partial charge in [0, 0.05) is 12.4 Å². The Kier molecular flexibility index (Phi) is 3.06. The lowest BCUT2D eigenvalue weighted by atomic mass is 10.0. The molecular weight excluding hydrogens is 186 g/mol. The first kappa shape index (κ1) is 10.6. The molecule has 1 saturated carbocycles. The van der Waals surface area contributed by atoms with Crippen LogP contribution in [0.3, 0.4) is 0 Å². The van der Waals surface area contributed by atoms with Gasteiger partial charge in [-0.15, -0.1) is 0 Å². The van der Waals surface area contributed by atoms with Crippen molar-refractivity contribution in [3.63, 3.8) is 0 Å². The summed E-state index contributed by atoms with van der Waals surface area (Å²) < 4.78 is 0. The van der Waals surface area contributed by atoms with E-state index >= 15 is 0 Å². The monoisotopic (exact) mass is 205 g/mol. The van der Waals surface area contributed by atoms with Crippen LogP contribution in [0.1, 0.15) is 38.2 Å². The topological polar surface area (TPSA) is 33.1 Å². The van der Waals surface area contributed by atoms with E-state index < -0.39 is 0 Å². The standard InChI is InChI=1S/C13H19NO/c1-2-3-12-10-13(12,15)7-4-11-5-8-14-9-6-11/h5-6,8-9,12,15H,2-4,7,10H2,1H3. The fraction of sp³-hybridized carbons (Fsp3) is 0.615. The summed E-state index contributed by atoms with van der Waals surface area (Å²) in [6.45, 7) is 2.18. The van der Waals surface area contributed by atoms with Crippen LogP contribution in [0.25, 0.3) is 0 Å². The van der Waals surface area contributed by atoms with E-state index in [1.165, 1.54) is 18.4 Å². The number of rotatable bonds is 5. The van der Waals surface area contributed by atoms with E-state index in [4.69, 9.17) is 0 Å². The molecule has 2 nitrogen and oxygen atoms in total. The van der Waals surface area contributed by atoms with E-state index in [0.29, 0.717) is 5.92 Å². The van der Waals surface area contributed by atoms with Crippen molar-refractivity contribution in [3.8, 4) is 0 Å². The van der Waals surface area contributed by atoms with Crippen molar-refractivity contribution >= 4 is 0 Å². The summed E-state index contributed by atoms with van der Waals surface area (Å²) in [5, 5.41) is 10.2. The van der Waals surface area contributed by atoms with Crippen LogP contribution in [-0.4, -0.2) is 15.7 Å². The Morgan fingerprint density at radius 3 is 2.87 bits per heavy atom. The maximum atomic E-state index is 10.2. The van der Waals surface area contributed by atoms with Crippen molar-refractivity contribution in [2.75, 3.05) is 0 Å². The van der Waals surface area contributed by atoms with E-state index in [1.54, 1.807) is 0 Å². The number of aromatic nitrogens is 1. The number of nitrogens with zero attached hydrogens (tertiary/aromatic N) is 1. The van der Waals surface area contributed by atoms with Crippen LogP contribution in [0.15, 0.2) is 24.5 Å². The van der Waals surface area contributed by atoms with Crippen LogP contribution in [0.2, 0.25) is 0 Å². The third-order valence-electron chi connectivity index (χ3n) is 3.43. The van der Waals surface area contributed by atoms with E-state index in [9.17, 15) is 5.11 Å². The molecule has 1 heterocycles. The average Bonchev–Trinajstić information content (AvgIpc) is 2.90. The molecule has 2 heteroatoms. The minimum absolute atomic E-state index is 0.348. The Balaban J connectivity index is 1.80. The minimum atomic E-state index is -0.348. The van der Waals surface area contributed by atoms with Crippen molar-refractivity contribution in [1.82, 2.24) is 4.98 Å². The van der Waals surface area contributed by atoms with Crippen LogP contribution < -0.4 is 0 Å². The first-order chi connectivity index (χ1) is 7.24. The Morgan fingerprint density at radius 2 is 2.20 bits per heavy atom. The predicted molar refractivity (Wildman–Crippen MR) is 60.5 cm³/mol. The fourth-order valence-corrected chi connectivity index (χ4v) is 2.30. The summed E-state index contributed by atoms with van der Waals surface area (Å²) in [7, 11) is 0. The Bertz CT molecular complexity index is 312. The minimum Gasteiger partial charge on any atom is -0.390 e. The lowest BCUT2D eigenvalue weighted by molar-refractivity contribution is 0.119. The first-order valence-corrected chi connectivity index (χ1v) is 5.86. The number of pyridine rings is 1. The highest BCUT2D eigenvalue weighted by molar-refractivity contribution is 5.12. The van der Waals surface area contributed by atoms with Gasteiger partial charge in [0.2, 0.25) is 0 Å². The molecule has 1 aromatic heterocycles. The average molecular weight is 205 g/mol. The normalized spacial score (nSPS) is 29.1. The van der Waals surface area contributed by atoms with Gasteiger partial charge in [-0.25, -0.2) is 0 Å². The van der Waals surface area contributed by atoms with Crippen molar-refractivity contribution in [2.45, 2.75) is 44.6 Å². The highest BCUT2D eigenvalue weighted by Gasteiger charge is 2.50. The molecule has 2 unspecified atom stereocenters. The van der Waals surface area contributed by atoms with Crippen molar-refractivity contribution in [1.29, 1.82) is 0 Å². The second kappa shape index (κ2) is 4.31. The maximum absolute atomic E-state index is 10.2. The molecular formula is C13H19NO. The molecule has 0 radical (unpaired) electrons. The van der Waals surface area contributed by atoms with Crippen molar-refractivity contribution in [2.24, 2.45) is 5.92 Å². The summed E-state index contributed by atoms with van der Waals surface area (Å²) in [6, 6.07) is 4.06. The van der Waals surface area contributed by atoms with Gasteiger partial charge in [0.25, 0.3) is 0 Å². The molecule has 0 spiro atoms. The zero-order valence-corrected chi connectivity index (χ0v) is 9.32. The fourth-order valence-electron chi connectivity index (χ4n) is 2.30. The molecule has 2 rings (SSSR count). The van der Waals surface area contributed by atoms with Gasteiger partial charge in [0.05, 0.1) is 5.60 Å². The summed E-state index contributed by atoms with van der Waals surface area (Å²) in [5.41, 5.74) is 0.930. The second-order valence-electron chi connectivity index (χ2n) is 4.65. The van der Waals surface area contributed by atoms with Gasteiger partial charge in [0.15, 0.2) is 0 Å². The molecule has 2 atom stereocenters. The molecule has 0 bridgehead atoms. The summed E-state index contributed by atoms with van der Waals surface area (Å²) in [5.74, 6) is 0.560. The van der Waals surface area contributed by atoms with Gasteiger partial charge in [-0.2, -0.15) is 0 Å². The van der Waals surface area contributed by atoms with Crippen LogP contribution in [0, 0.1) is 5.92 Å². The van der Waals surface area contributed by atoms with Crippen LogP contribution in [0.5, 0.6) is 0 Å². The lowest BCUT2D eigenvalue weighted by Crippen LogP contribution is -2.12. The third-order valence-corrected chi connectivity index (χ3v) is 3.43. The highest BCUT2D eigenvalue weighted by atomic mass is 16.3. The van der Waals surface area contributed by atoms with Crippen molar-refractivity contribution in [3.05, 3.63) is 30.1 Å². The molecule has 1 aliphatic rings. The molecule has 1 N–H and O–H groups in total. The zero-order chi connectivity index (χ0) is 10.7. The summed E-state index contributed by atoms with van der Waals surface area (Å²) >= 11 is 0. The van der Waals surface area contributed by atoms with Gasteiger partial charge in [-0.1, -0.05) is 13.3 Å². The quantitative estimate of drug-likeness (QED) is 0.801. The molecule has 0 saturated heterocycles. The molecule has 0 aliphatic heterocycles. The predicted octanol–water partition coefficient (Wildman–Crippen LogP) is 2.57. The van der Waals surface area contributed by atoms with E-state index in [1.807, 2.05) is 24.5 Å². The summed E-state index contributed by atoms with van der Waals surface area (Å²) in [4.78, 5) is 3.99. The number of aliphatic hydroxyl groups is 1. The third kappa shape index (κ3) is 2.57. The molecule has 1 fully saturated rings. The Labute approximate surface area is 91.4 Å². The first-order valence-electron chi connectivity index (χ1n) is 5.86. The van der Waals surface area contributed by atoms with Crippen LogP contribution in [0.4, 0.5) is 0 Å². The van der Waals surface area contributed by atoms with Crippen LogP contribution in [-0.2, 0) is 6.42 Å². The molecule has 0 amide bonds. The molecule has 15 heavy (non-hydrogen) atoms. The van der Waals surface area contributed by atoms with E-state index in [0.717, 1.165) is 19.3 Å². The Hall–Kier alpha value is -0.890. The van der Waals surface area contributed by atoms with E-state index in [-0.39, 0.29) is 5.60 Å². The largest absolute Gasteiger partial charge is 0.390 e. The van der Waals surface area contributed by atoms with Crippen molar-refractivity contribution < 1.29 is 5.11 Å². The van der Waals surface area contributed by atoms with E-state index in [2.05, 4.69) is 11.9 Å². The maximum Gasteiger partial charge on any atom is 0.0683 e. The molecule has 1 aliphatic carbocycles. The molecule has 1 aromatic rings. The second-order valence-corrected chi connectivity index (χ2v) is 4.65. The van der Waals surface area contributed by atoms with Gasteiger partial charge in [-0.3, -0.25) is 4.98 Å². The molecule has 82 valence electrons. The Morgan fingerprint density at radius 1 is 1.47 bits per heavy atom. The zero-order valence-electron chi connectivity index (χ0n) is 9.32. The lowest BCUT2D eigenvalue weighted by Gasteiger charge is -2.09. The van der Waals surface area contributed by atoms with Gasteiger partial charge < -0.3 is 5.11 Å². The van der Waals surface area contributed by atoms with Gasteiger partial charge >= 0.3 is 0 Å². The van der Waals surface area contributed by atoms with Gasteiger partial charge in [-0.05, 0) is 49.3 Å². The summed E-state index contributed by atoms with van der Waals surface area (Å²) in [6.07, 6.45) is 8.87. The SMILES string of the molecule is CCCC1CC1(O)CCc1ccncc1. The number of hydrogen-bond acceptors (Lipinski definition) is 2. The highest BCUT2D eigenvalue weighted by Crippen LogP contribution is 2.49.